The molecule has 8 heteroatoms. The molecule has 4 N–H and O–H groups in total. The maximum absolute atomic E-state index is 11.6. The number of anilines is 1. The van der Waals surface area contributed by atoms with Crippen LogP contribution < -0.4 is 14.8 Å². The number of aromatic hydroxyl groups is 1. The second-order valence-electron chi connectivity index (χ2n) is 9.58. The number of phenols is 1. The van der Waals surface area contributed by atoms with Crippen LogP contribution in [-0.4, -0.2) is 37.5 Å². The van der Waals surface area contributed by atoms with Crippen LogP contribution in [-0.2, 0) is 29.5 Å². The average Bonchev–Trinajstić information content (AvgIpc) is 2.92. The maximum Gasteiger partial charge on any atom is 0.229 e. The van der Waals surface area contributed by atoms with E-state index in [-0.39, 0.29) is 23.9 Å². The highest BCUT2D eigenvalue weighted by Crippen LogP contribution is 2.26. The van der Waals surface area contributed by atoms with Gasteiger partial charge in [-0.2, -0.15) is 0 Å². The van der Waals surface area contributed by atoms with Gasteiger partial charge in [0.25, 0.3) is 0 Å². The van der Waals surface area contributed by atoms with Crippen molar-refractivity contribution in [3.63, 3.8) is 0 Å². The molecule has 0 spiro atoms. The Morgan fingerprint density at radius 3 is 2.18 bits per heavy atom. The molecule has 0 bridgehead atoms. The number of aliphatic hydroxyl groups is 1. The molecule has 0 aromatic heterocycles. The summed E-state index contributed by atoms with van der Waals surface area (Å²) in [7, 11) is -3.55. The van der Waals surface area contributed by atoms with Crippen molar-refractivity contribution in [2.24, 2.45) is 0 Å². The zero-order valence-corrected chi connectivity index (χ0v) is 22.6. The fourth-order valence-corrected chi connectivity index (χ4v) is 4.90. The van der Waals surface area contributed by atoms with Crippen LogP contribution in [0.1, 0.15) is 28.3 Å². The largest absolute Gasteiger partial charge is 0.506 e. The minimum absolute atomic E-state index is 0.0791. The second-order valence-corrected chi connectivity index (χ2v) is 11.3. The molecular formula is C31H34N2O5S. The standard InChI is InChI=1S/C31H34N2O5S/c1-39(36,37)33-30-19-25(15-16-31(30)35)17-27(34)21-32-29(18-23-9-4-2-5-10-23)26-13-8-14-28(20-26)38-22-24-11-6-3-7-12-24/h2-16,19-20,27,29,32-35H,17-18,21-22H2,1H3/t27-,29?/m0/s1. The van der Waals surface area contributed by atoms with Crippen molar-refractivity contribution in [2.45, 2.75) is 31.6 Å². The van der Waals surface area contributed by atoms with E-state index >= 15 is 0 Å². The summed E-state index contributed by atoms with van der Waals surface area (Å²) in [5.74, 6) is 0.598. The second kappa shape index (κ2) is 13.3. The molecule has 0 saturated carbocycles. The molecule has 0 fully saturated rings. The number of hydrogen-bond acceptors (Lipinski definition) is 6. The lowest BCUT2D eigenvalue weighted by Gasteiger charge is -2.22. The summed E-state index contributed by atoms with van der Waals surface area (Å²) in [6.07, 6.45) is 1.28. The first-order valence-corrected chi connectivity index (χ1v) is 14.7. The Morgan fingerprint density at radius 1 is 0.795 bits per heavy atom. The summed E-state index contributed by atoms with van der Waals surface area (Å²) in [5.41, 5.74) is 4.08. The van der Waals surface area contributed by atoms with E-state index in [0.29, 0.717) is 18.7 Å². The van der Waals surface area contributed by atoms with Crippen LogP contribution in [0.4, 0.5) is 5.69 Å². The molecule has 4 aromatic carbocycles. The van der Waals surface area contributed by atoms with E-state index in [9.17, 15) is 18.6 Å². The first-order valence-electron chi connectivity index (χ1n) is 12.8. The summed E-state index contributed by atoms with van der Waals surface area (Å²) in [4.78, 5) is 0. The lowest BCUT2D eigenvalue weighted by Crippen LogP contribution is -2.32. The highest BCUT2D eigenvalue weighted by atomic mass is 32.2. The number of aliphatic hydroxyl groups excluding tert-OH is 1. The summed E-state index contributed by atoms with van der Waals surface area (Å²) in [6, 6.07) is 32.7. The SMILES string of the molecule is CS(=O)(=O)Nc1cc(C[C@H](O)CNC(Cc2ccccc2)c2cccc(OCc3ccccc3)c2)ccc1O. The normalized spacial score (nSPS) is 13.0. The van der Waals surface area contributed by atoms with Gasteiger partial charge in [-0.3, -0.25) is 4.72 Å². The highest BCUT2D eigenvalue weighted by molar-refractivity contribution is 7.92. The summed E-state index contributed by atoms with van der Waals surface area (Å²) >= 11 is 0. The van der Waals surface area contributed by atoms with Gasteiger partial charge in [0.15, 0.2) is 0 Å². The van der Waals surface area contributed by atoms with Crippen molar-refractivity contribution in [1.82, 2.24) is 5.32 Å². The van der Waals surface area contributed by atoms with Crippen LogP contribution >= 0.6 is 0 Å². The van der Waals surface area contributed by atoms with Gasteiger partial charge in [-0.05, 0) is 59.4 Å². The minimum atomic E-state index is -3.55. The third kappa shape index (κ3) is 9.14. The lowest BCUT2D eigenvalue weighted by atomic mass is 9.98. The molecule has 1 unspecified atom stereocenters. The van der Waals surface area contributed by atoms with Gasteiger partial charge in [-0.15, -0.1) is 0 Å². The van der Waals surface area contributed by atoms with Crippen LogP contribution in [0.3, 0.4) is 0 Å². The number of hydrogen-bond donors (Lipinski definition) is 4. The number of nitrogens with one attached hydrogen (secondary N) is 2. The molecule has 0 aliphatic heterocycles. The zero-order chi connectivity index (χ0) is 27.7. The molecule has 0 aliphatic carbocycles. The Bertz CT molecular complexity index is 1450. The number of phenolic OH excluding ortho intramolecular Hbond substituents is 1. The summed E-state index contributed by atoms with van der Waals surface area (Å²) in [5, 5.41) is 24.3. The van der Waals surface area contributed by atoms with Crippen LogP contribution in [0.5, 0.6) is 11.5 Å². The number of rotatable bonds is 13. The molecule has 4 aromatic rings. The van der Waals surface area contributed by atoms with Crippen LogP contribution in [0.15, 0.2) is 103 Å². The van der Waals surface area contributed by atoms with Crippen LogP contribution in [0.2, 0.25) is 0 Å². The van der Waals surface area contributed by atoms with Crippen molar-refractivity contribution in [3.05, 3.63) is 125 Å². The van der Waals surface area contributed by atoms with Crippen LogP contribution in [0.25, 0.3) is 0 Å². The number of sulfonamides is 1. The van der Waals surface area contributed by atoms with Gasteiger partial charge >= 0.3 is 0 Å². The molecule has 7 nitrogen and oxygen atoms in total. The zero-order valence-electron chi connectivity index (χ0n) is 21.8. The lowest BCUT2D eigenvalue weighted by molar-refractivity contribution is 0.167. The first kappa shape index (κ1) is 28.2. The van der Waals surface area contributed by atoms with E-state index in [1.807, 2.05) is 72.8 Å². The Balaban J connectivity index is 1.44. The molecule has 0 amide bonds. The van der Waals surface area contributed by atoms with Gasteiger partial charge in [0.2, 0.25) is 10.0 Å². The minimum Gasteiger partial charge on any atom is -0.506 e. The van der Waals surface area contributed by atoms with Crippen molar-refractivity contribution >= 4 is 15.7 Å². The highest BCUT2D eigenvalue weighted by Gasteiger charge is 2.16. The topological polar surface area (TPSA) is 108 Å². The van der Waals surface area contributed by atoms with Gasteiger partial charge in [-0.25, -0.2) is 8.42 Å². The molecule has 204 valence electrons. The third-order valence-corrected chi connectivity index (χ3v) is 6.81. The van der Waals surface area contributed by atoms with E-state index in [0.717, 1.165) is 35.1 Å². The summed E-state index contributed by atoms with van der Waals surface area (Å²) < 4.78 is 31.5. The average molecular weight is 547 g/mol. The van der Waals surface area contributed by atoms with Crippen molar-refractivity contribution in [2.75, 3.05) is 17.5 Å². The number of ether oxygens (including phenoxy) is 1. The Hall–Kier alpha value is -3.85. The van der Waals surface area contributed by atoms with Crippen LogP contribution in [0, 0.1) is 0 Å². The van der Waals surface area contributed by atoms with E-state index in [1.54, 1.807) is 6.07 Å². The number of benzene rings is 4. The molecular weight excluding hydrogens is 512 g/mol. The Morgan fingerprint density at radius 2 is 1.49 bits per heavy atom. The predicted molar refractivity (Wildman–Crippen MR) is 154 cm³/mol. The van der Waals surface area contributed by atoms with E-state index in [2.05, 4.69) is 22.2 Å². The molecule has 0 radical (unpaired) electrons. The smallest absolute Gasteiger partial charge is 0.229 e. The van der Waals surface area contributed by atoms with Gasteiger partial charge in [0, 0.05) is 12.6 Å². The summed E-state index contributed by atoms with van der Waals surface area (Å²) in [6.45, 7) is 0.783. The fraction of sp³-hybridized carbons (Fsp3) is 0.226. The van der Waals surface area contributed by atoms with Gasteiger partial charge < -0.3 is 20.3 Å². The fourth-order valence-electron chi connectivity index (χ4n) is 4.33. The molecule has 0 heterocycles. The first-order chi connectivity index (χ1) is 18.7. The van der Waals surface area contributed by atoms with E-state index in [1.165, 1.54) is 12.1 Å². The van der Waals surface area contributed by atoms with Gasteiger partial charge in [0.1, 0.15) is 18.1 Å². The quantitative estimate of drug-likeness (QED) is 0.179. The van der Waals surface area contributed by atoms with E-state index in [4.69, 9.17) is 4.74 Å². The molecule has 0 aliphatic rings. The predicted octanol–water partition coefficient (Wildman–Crippen LogP) is 4.82. The van der Waals surface area contributed by atoms with Gasteiger partial charge in [-0.1, -0.05) is 78.9 Å². The maximum atomic E-state index is 11.6. The monoisotopic (exact) mass is 546 g/mol. The molecule has 4 rings (SSSR count). The Labute approximate surface area is 230 Å². The van der Waals surface area contributed by atoms with E-state index < -0.39 is 16.1 Å². The molecule has 2 atom stereocenters. The molecule has 0 saturated heterocycles. The van der Waals surface area contributed by atoms with Crippen molar-refractivity contribution in [3.8, 4) is 11.5 Å². The molecule has 39 heavy (non-hydrogen) atoms. The van der Waals surface area contributed by atoms with Crippen molar-refractivity contribution in [1.29, 1.82) is 0 Å². The van der Waals surface area contributed by atoms with Gasteiger partial charge in [0.05, 0.1) is 18.0 Å². The third-order valence-electron chi connectivity index (χ3n) is 6.22. The van der Waals surface area contributed by atoms with Crippen molar-refractivity contribution < 1.29 is 23.4 Å². The Kier molecular flexibility index (Phi) is 9.59.